The summed E-state index contributed by atoms with van der Waals surface area (Å²) in [6.07, 6.45) is 1.46. The first kappa shape index (κ1) is 24.3. The van der Waals surface area contributed by atoms with E-state index in [4.69, 9.17) is 4.74 Å². The van der Waals surface area contributed by atoms with Gasteiger partial charge in [-0.2, -0.15) is 4.72 Å². The average Bonchev–Trinajstić information content (AvgIpc) is 2.68. The van der Waals surface area contributed by atoms with Crippen LogP contribution in [0.3, 0.4) is 0 Å². The highest BCUT2D eigenvalue weighted by atomic mass is 32.2. The standard InChI is InChI=1S/C17H26N4O7S/c1-5-12(6-2)19-16(22)11-28-17(23)10-18-29(26,27)13-7-8-14(20(3)4)15(9-13)21(24)25/h7-9,12,18H,5-6,10-11H2,1-4H3,(H,19,22). The molecule has 1 amide bonds. The first-order valence-electron chi connectivity index (χ1n) is 8.92. The van der Waals surface area contributed by atoms with Crippen molar-refractivity contribution in [2.45, 2.75) is 37.6 Å². The number of ether oxygens (including phenoxy) is 1. The van der Waals surface area contributed by atoms with Gasteiger partial charge in [0.1, 0.15) is 12.2 Å². The van der Waals surface area contributed by atoms with Crippen molar-refractivity contribution in [2.24, 2.45) is 0 Å². The van der Waals surface area contributed by atoms with Crippen molar-refractivity contribution in [3.05, 3.63) is 28.3 Å². The highest BCUT2D eigenvalue weighted by Crippen LogP contribution is 2.29. The number of hydrogen-bond acceptors (Lipinski definition) is 8. The van der Waals surface area contributed by atoms with Gasteiger partial charge in [0.25, 0.3) is 11.6 Å². The Kier molecular flexibility index (Phi) is 8.98. The molecule has 29 heavy (non-hydrogen) atoms. The van der Waals surface area contributed by atoms with E-state index < -0.39 is 45.7 Å². The van der Waals surface area contributed by atoms with Gasteiger partial charge < -0.3 is 15.0 Å². The maximum absolute atomic E-state index is 12.3. The number of anilines is 1. The van der Waals surface area contributed by atoms with Crippen molar-refractivity contribution in [1.29, 1.82) is 0 Å². The molecule has 162 valence electrons. The van der Waals surface area contributed by atoms with E-state index in [-0.39, 0.29) is 16.6 Å². The first-order valence-corrected chi connectivity index (χ1v) is 10.4. The number of esters is 1. The minimum Gasteiger partial charge on any atom is -0.455 e. The van der Waals surface area contributed by atoms with Crippen molar-refractivity contribution in [3.63, 3.8) is 0 Å². The molecule has 0 aliphatic rings. The number of nitrogens with one attached hydrogen (secondary N) is 2. The lowest BCUT2D eigenvalue weighted by atomic mass is 10.2. The fourth-order valence-corrected chi connectivity index (χ4v) is 3.38. The predicted octanol–water partition coefficient (Wildman–Crippen LogP) is 0.787. The highest BCUT2D eigenvalue weighted by molar-refractivity contribution is 7.89. The monoisotopic (exact) mass is 430 g/mol. The second-order valence-corrected chi connectivity index (χ2v) is 8.14. The minimum atomic E-state index is -4.19. The van der Waals surface area contributed by atoms with Gasteiger partial charge >= 0.3 is 5.97 Å². The molecule has 12 heteroatoms. The smallest absolute Gasteiger partial charge is 0.321 e. The molecule has 0 aliphatic carbocycles. The van der Waals surface area contributed by atoms with Gasteiger partial charge in [0.05, 0.1) is 9.82 Å². The van der Waals surface area contributed by atoms with E-state index in [2.05, 4.69) is 5.32 Å². The molecule has 0 saturated carbocycles. The molecule has 0 unspecified atom stereocenters. The van der Waals surface area contributed by atoms with Crippen molar-refractivity contribution < 1.29 is 27.7 Å². The van der Waals surface area contributed by atoms with Crippen LogP contribution in [0.25, 0.3) is 0 Å². The zero-order valence-electron chi connectivity index (χ0n) is 16.8. The van der Waals surface area contributed by atoms with Crippen molar-refractivity contribution in [3.8, 4) is 0 Å². The first-order chi connectivity index (χ1) is 13.5. The van der Waals surface area contributed by atoms with Crippen LogP contribution in [0.4, 0.5) is 11.4 Å². The largest absolute Gasteiger partial charge is 0.455 e. The third kappa shape index (κ3) is 7.31. The molecule has 0 bridgehead atoms. The normalized spacial score (nSPS) is 11.2. The number of carbonyl (C=O) groups is 2. The molecular weight excluding hydrogens is 404 g/mol. The number of hydrogen-bond donors (Lipinski definition) is 2. The van der Waals surface area contributed by atoms with Crippen molar-refractivity contribution in [2.75, 3.05) is 32.1 Å². The van der Waals surface area contributed by atoms with Gasteiger partial charge in [-0.25, -0.2) is 8.42 Å². The van der Waals surface area contributed by atoms with Crippen LogP contribution in [-0.4, -0.2) is 58.5 Å². The van der Waals surface area contributed by atoms with E-state index in [1.54, 1.807) is 14.1 Å². The van der Waals surface area contributed by atoms with Crippen molar-refractivity contribution in [1.82, 2.24) is 10.0 Å². The van der Waals surface area contributed by atoms with E-state index in [9.17, 15) is 28.1 Å². The molecule has 0 spiro atoms. The highest BCUT2D eigenvalue weighted by Gasteiger charge is 2.23. The number of rotatable bonds is 11. The zero-order valence-corrected chi connectivity index (χ0v) is 17.6. The van der Waals surface area contributed by atoms with Crippen LogP contribution in [0, 0.1) is 10.1 Å². The summed E-state index contributed by atoms with van der Waals surface area (Å²) < 4.78 is 31.4. The van der Waals surface area contributed by atoms with Crippen LogP contribution in [0.1, 0.15) is 26.7 Å². The molecular formula is C17H26N4O7S. The van der Waals surface area contributed by atoms with Crippen LogP contribution in [-0.2, 0) is 24.3 Å². The summed E-state index contributed by atoms with van der Waals surface area (Å²) in [5, 5.41) is 13.9. The Morgan fingerprint density at radius 3 is 2.38 bits per heavy atom. The number of nitro groups is 1. The Morgan fingerprint density at radius 1 is 1.24 bits per heavy atom. The topological polar surface area (TPSA) is 148 Å². The molecule has 0 heterocycles. The molecule has 1 aromatic rings. The Morgan fingerprint density at radius 2 is 1.86 bits per heavy atom. The lowest BCUT2D eigenvalue weighted by Crippen LogP contribution is -2.38. The molecule has 1 aromatic carbocycles. The quantitative estimate of drug-likeness (QED) is 0.297. The van der Waals surface area contributed by atoms with E-state index in [0.717, 1.165) is 18.9 Å². The van der Waals surface area contributed by atoms with E-state index in [0.29, 0.717) is 0 Å². The maximum Gasteiger partial charge on any atom is 0.321 e. The SMILES string of the molecule is CCC(CC)NC(=O)COC(=O)CNS(=O)(=O)c1ccc(N(C)C)c([N+](=O)[O-])c1. The van der Waals surface area contributed by atoms with Gasteiger partial charge in [-0.05, 0) is 25.0 Å². The van der Waals surface area contributed by atoms with Crippen LogP contribution < -0.4 is 14.9 Å². The number of nitrogens with zero attached hydrogens (tertiary/aromatic N) is 2. The fourth-order valence-electron chi connectivity index (χ4n) is 2.39. The van der Waals surface area contributed by atoms with Gasteiger partial charge in [0.15, 0.2) is 6.61 Å². The number of nitro benzene ring substituents is 1. The van der Waals surface area contributed by atoms with Gasteiger partial charge in [-0.15, -0.1) is 0 Å². The number of benzene rings is 1. The summed E-state index contributed by atoms with van der Waals surface area (Å²) >= 11 is 0. The Bertz CT molecular complexity index is 851. The predicted molar refractivity (Wildman–Crippen MR) is 106 cm³/mol. The summed E-state index contributed by atoms with van der Waals surface area (Å²) in [6, 6.07) is 3.37. The fraction of sp³-hybridized carbons (Fsp3) is 0.529. The summed E-state index contributed by atoms with van der Waals surface area (Å²) in [6.45, 7) is 2.57. The van der Waals surface area contributed by atoms with E-state index in [1.807, 2.05) is 18.6 Å². The van der Waals surface area contributed by atoms with Gasteiger partial charge in [0, 0.05) is 26.2 Å². The molecule has 0 aromatic heterocycles. The number of amides is 1. The molecule has 11 nitrogen and oxygen atoms in total. The second-order valence-electron chi connectivity index (χ2n) is 6.37. The molecule has 2 N–H and O–H groups in total. The minimum absolute atomic E-state index is 0.0272. The summed E-state index contributed by atoms with van der Waals surface area (Å²) in [4.78, 5) is 35.0. The molecule has 0 radical (unpaired) electrons. The third-order valence-corrected chi connectivity index (χ3v) is 5.46. The molecule has 0 atom stereocenters. The van der Waals surface area contributed by atoms with Crippen LogP contribution >= 0.6 is 0 Å². The van der Waals surface area contributed by atoms with E-state index in [1.165, 1.54) is 17.0 Å². The average molecular weight is 430 g/mol. The lowest BCUT2D eigenvalue weighted by molar-refractivity contribution is -0.384. The lowest BCUT2D eigenvalue weighted by Gasteiger charge is -2.15. The molecule has 0 saturated heterocycles. The number of carbonyl (C=O) groups excluding carboxylic acids is 2. The van der Waals surface area contributed by atoms with Crippen LogP contribution in [0.2, 0.25) is 0 Å². The zero-order chi connectivity index (χ0) is 22.2. The van der Waals surface area contributed by atoms with Gasteiger partial charge in [-0.3, -0.25) is 19.7 Å². The molecule has 1 rings (SSSR count). The molecule has 0 aliphatic heterocycles. The Labute approximate surface area is 169 Å². The summed E-state index contributed by atoms with van der Waals surface area (Å²) in [5.74, 6) is -1.43. The Hall–Kier alpha value is -2.73. The van der Waals surface area contributed by atoms with Crippen LogP contribution in [0.5, 0.6) is 0 Å². The maximum atomic E-state index is 12.3. The Balaban J connectivity index is 2.72. The van der Waals surface area contributed by atoms with Gasteiger partial charge in [0.2, 0.25) is 10.0 Å². The van der Waals surface area contributed by atoms with Gasteiger partial charge in [-0.1, -0.05) is 13.8 Å². The summed E-state index contributed by atoms with van der Waals surface area (Å²) in [7, 11) is -1.02. The van der Waals surface area contributed by atoms with Crippen molar-refractivity contribution >= 4 is 33.3 Å². The van der Waals surface area contributed by atoms with E-state index >= 15 is 0 Å². The van der Waals surface area contributed by atoms with Crippen LogP contribution in [0.15, 0.2) is 23.1 Å². The molecule has 0 fully saturated rings. The number of sulfonamides is 1. The third-order valence-electron chi connectivity index (χ3n) is 4.06. The summed E-state index contributed by atoms with van der Waals surface area (Å²) in [5.41, 5.74) is -0.157. The second kappa shape index (κ2) is 10.7.